The van der Waals surface area contributed by atoms with E-state index in [-0.39, 0.29) is 30.0 Å². The first kappa shape index (κ1) is 21.8. The Hall–Kier alpha value is -1.22. The number of hydrogen-bond donors (Lipinski definition) is 2. The van der Waals surface area contributed by atoms with E-state index in [1.807, 2.05) is 25.1 Å². The van der Waals surface area contributed by atoms with Crippen LogP contribution in [-0.2, 0) is 11.2 Å². The Balaban J connectivity index is 0.00000484. The van der Waals surface area contributed by atoms with Gasteiger partial charge in [-0.15, -0.1) is 24.0 Å². The maximum Gasteiger partial charge on any atom is 0.188 e. The first-order valence-corrected chi connectivity index (χ1v) is 7.37. The number of aryl methyl sites for hydroxylation is 1. The Bertz CT molecular complexity index is 484. The predicted octanol–water partition coefficient (Wildman–Crippen LogP) is 2.19. The van der Waals surface area contributed by atoms with Crippen LogP contribution in [0.2, 0.25) is 0 Å². The molecule has 1 aromatic rings. The molecule has 23 heavy (non-hydrogen) atoms. The van der Waals surface area contributed by atoms with Crippen molar-refractivity contribution in [1.29, 1.82) is 0 Å². The fourth-order valence-electron chi connectivity index (χ4n) is 2.11. The molecule has 7 heteroatoms. The zero-order valence-corrected chi connectivity index (χ0v) is 16.6. The summed E-state index contributed by atoms with van der Waals surface area (Å²) < 4.78 is 15.6. The molecular weight excluding hydrogens is 409 g/mol. The van der Waals surface area contributed by atoms with Crippen LogP contribution < -0.4 is 20.5 Å². The smallest absolute Gasteiger partial charge is 0.188 e. The number of methoxy groups -OCH3 is 3. The topological polar surface area (TPSA) is 78.1 Å². The zero-order chi connectivity index (χ0) is 16.4. The summed E-state index contributed by atoms with van der Waals surface area (Å²) in [6.07, 6.45) is 1.82. The fraction of sp³-hybridized carbons (Fsp3) is 0.562. The second-order valence-corrected chi connectivity index (χ2v) is 5.06. The Morgan fingerprint density at radius 2 is 1.91 bits per heavy atom. The molecule has 1 aromatic carbocycles. The lowest BCUT2D eigenvalue weighted by Gasteiger charge is -2.13. The highest BCUT2D eigenvalue weighted by Crippen LogP contribution is 2.27. The number of nitrogens with zero attached hydrogens (tertiary/aromatic N) is 1. The van der Waals surface area contributed by atoms with Crippen molar-refractivity contribution in [2.24, 2.45) is 10.7 Å². The van der Waals surface area contributed by atoms with Crippen LogP contribution in [0, 0.1) is 0 Å². The van der Waals surface area contributed by atoms with E-state index in [0.29, 0.717) is 19.1 Å². The molecule has 6 nitrogen and oxygen atoms in total. The van der Waals surface area contributed by atoms with Crippen molar-refractivity contribution in [1.82, 2.24) is 5.32 Å². The standard InChI is InChI=1S/C16H27N3O3.HI/c1-12(11-20-2)19-16(17)18-9-5-6-13-7-8-14(21-3)15(10-13)22-4;/h7-8,10,12H,5-6,9,11H2,1-4H3,(H3,17,18,19);1H. The maximum atomic E-state index is 5.81. The van der Waals surface area contributed by atoms with Gasteiger partial charge in [0.05, 0.1) is 20.8 Å². The van der Waals surface area contributed by atoms with Crippen LogP contribution in [0.15, 0.2) is 23.2 Å². The third kappa shape index (κ3) is 8.26. The quantitative estimate of drug-likeness (QED) is 0.268. The minimum absolute atomic E-state index is 0. The van der Waals surface area contributed by atoms with Crippen molar-refractivity contribution in [3.8, 4) is 11.5 Å². The van der Waals surface area contributed by atoms with Crippen LogP contribution in [0.5, 0.6) is 11.5 Å². The maximum absolute atomic E-state index is 5.81. The molecule has 1 rings (SSSR count). The molecule has 0 amide bonds. The number of guanidine groups is 1. The summed E-state index contributed by atoms with van der Waals surface area (Å²) in [5.74, 6) is 1.94. The van der Waals surface area contributed by atoms with Gasteiger partial charge in [0, 0.05) is 19.7 Å². The molecule has 0 radical (unpaired) electrons. The molecule has 0 saturated carbocycles. The number of ether oxygens (including phenoxy) is 3. The molecule has 0 aliphatic carbocycles. The molecule has 0 saturated heterocycles. The highest BCUT2D eigenvalue weighted by atomic mass is 127. The van der Waals surface area contributed by atoms with Gasteiger partial charge in [-0.05, 0) is 37.5 Å². The second-order valence-electron chi connectivity index (χ2n) is 5.06. The highest BCUT2D eigenvalue weighted by molar-refractivity contribution is 14.0. The molecule has 0 bridgehead atoms. The minimum atomic E-state index is 0. The van der Waals surface area contributed by atoms with Crippen LogP contribution in [-0.4, -0.2) is 46.5 Å². The van der Waals surface area contributed by atoms with Crippen LogP contribution in [0.3, 0.4) is 0 Å². The number of benzene rings is 1. The van der Waals surface area contributed by atoms with Gasteiger partial charge < -0.3 is 25.3 Å². The van der Waals surface area contributed by atoms with Crippen molar-refractivity contribution in [2.75, 3.05) is 34.5 Å². The third-order valence-corrected chi connectivity index (χ3v) is 3.16. The summed E-state index contributed by atoms with van der Waals surface area (Å²) in [5.41, 5.74) is 7.00. The van der Waals surface area contributed by atoms with Gasteiger partial charge in [0.25, 0.3) is 0 Å². The normalized spacial score (nSPS) is 12.3. The number of nitrogens with one attached hydrogen (secondary N) is 1. The number of hydrogen-bond acceptors (Lipinski definition) is 4. The summed E-state index contributed by atoms with van der Waals surface area (Å²) in [4.78, 5) is 4.31. The number of nitrogens with two attached hydrogens (primary N) is 1. The van der Waals surface area contributed by atoms with Gasteiger partial charge in [-0.25, -0.2) is 0 Å². The van der Waals surface area contributed by atoms with Gasteiger partial charge in [-0.2, -0.15) is 0 Å². The third-order valence-electron chi connectivity index (χ3n) is 3.16. The number of rotatable bonds is 9. The molecule has 0 fully saturated rings. The van der Waals surface area contributed by atoms with E-state index in [4.69, 9.17) is 19.9 Å². The molecule has 132 valence electrons. The van der Waals surface area contributed by atoms with Crippen LogP contribution >= 0.6 is 24.0 Å². The van der Waals surface area contributed by atoms with E-state index >= 15 is 0 Å². The fourth-order valence-corrected chi connectivity index (χ4v) is 2.11. The molecule has 0 aromatic heterocycles. The Morgan fingerprint density at radius 3 is 2.52 bits per heavy atom. The van der Waals surface area contributed by atoms with Crippen molar-refractivity contribution >= 4 is 29.9 Å². The SMILES string of the molecule is COCC(C)NC(N)=NCCCc1ccc(OC)c(OC)c1.I. The van der Waals surface area contributed by atoms with Gasteiger partial charge in [-0.1, -0.05) is 6.07 Å². The highest BCUT2D eigenvalue weighted by Gasteiger charge is 2.04. The molecule has 1 atom stereocenters. The monoisotopic (exact) mass is 437 g/mol. The van der Waals surface area contributed by atoms with Crippen LogP contribution in [0.4, 0.5) is 0 Å². The van der Waals surface area contributed by atoms with E-state index in [1.165, 1.54) is 5.56 Å². The largest absolute Gasteiger partial charge is 0.493 e. The van der Waals surface area contributed by atoms with Gasteiger partial charge in [-0.3, -0.25) is 4.99 Å². The molecule has 0 aliphatic heterocycles. The van der Waals surface area contributed by atoms with E-state index in [1.54, 1.807) is 21.3 Å². The summed E-state index contributed by atoms with van der Waals surface area (Å²) in [6, 6.07) is 6.09. The zero-order valence-electron chi connectivity index (χ0n) is 14.3. The minimum Gasteiger partial charge on any atom is -0.493 e. The summed E-state index contributed by atoms with van der Waals surface area (Å²) in [7, 11) is 4.93. The van der Waals surface area contributed by atoms with E-state index < -0.39 is 0 Å². The Kier molecular flexibility index (Phi) is 11.6. The predicted molar refractivity (Wildman–Crippen MR) is 104 cm³/mol. The van der Waals surface area contributed by atoms with E-state index in [9.17, 15) is 0 Å². The Labute approximate surface area is 155 Å². The van der Waals surface area contributed by atoms with E-state index in [2.05, 4.69) is 10.3 Å². The molecule has 0 heterocycles. The van der Waals surface area contributed by atoms with Gasteiger partial charge in [0.2, 0.25) is 0 Å². The second kappa shape index (κ2) is 12.2. The molecular formula is C16H28IN3O3. The number of aliphatic imine (C=N–C) groups is 1. The van der Waals surface area contributed by atoms with Crippen molar-refractivity contribution in [3.05, 3.63) is 23.8 Å². The average Bonchev–Trinajstić information content (AvgIpc) is 2.51. The summed E-state index contributed by atoms with van der Waals surface area (Å²) >= 11 is 0. The van der Waals surface area contributed by atoms with Crippen molar-refractivity contribution in [3.63, 3.8) is 0 Å². The molecule has 1 unspecified atom stereocenters. The van der Waals surface area contributed by atoms with Crippen LogP contribution in [0.25, 0.3) is 0 Å². The lowest BCUT2D eigenvalue weighted by atomic mass is 10.1. The van der Waals surface area contributed by atoms with Crippen LogP contribution in [0.1, 0.15) is 18.9 Å². The molecule has 3 N–H and O–H groups in total. The Morgan fingerprint density at radius 1 is 1.22 bits per heavy atom. The van der Waals surface area contributed by atoms with Crippen molar-refractivity contribution < 1.29 is 14.2 Å². The molecule has 0 aliphatic rings. The summed E-state index contributed by atoms with van der Waals surface area (Å²) in [5, 5.41) is 3.08. The number of halogens is 1. The lowest BCUT2D eigenvalue weighted by molar-refractivity contribution is 0.179. The van der Waals surface area contributed by atoms with E-state index in [0.717, 1.165) is 24.3 Å². The van der Waals surface area contributed by atoms with Gasteiger partial charge >= 0.3 is 0 Å². The average molecular weight is 437 g/mol. The first-order valence-electron chi connectivity index (χ1n) is 7.37. The van der Waals surface area contributed by atoms with Gasteiger partial charge in [0.15, 0.2) is 17.5 Å². The first-order chi connectivity index (χ1) is 10.6. The van der Waals surface area contributed by atoms with Gasteiger partial charge in [0.1, 0.15) is 0 Å². The summed E-state index contributed by atoms with van der Waals surface area (Å²) in [6.45, 7) is 3.27. The van der Waals surface area contributed by atoms with Crippen molar-refractivity contribution in [2.45, 2.75) is 25.8 Å². The lowest BCUT2D eigenvalue weighted by Crippen LogP contribution is -2.40. The molecule has 0 spiro atoms.